The molecule has 1 aliphatic heterocycles. The first-order valence-electron chi connectivity index (χ1n) is 9.13. The predicted molar refractivity (Wildman–Crippen MR) is 105 cm³/mol. The van der Waals surface area contributed by atoms with Crippen LogP contribution < -0.4 is 4.74 Å². The van der Waals surface area contributed by atoms with Crippen molar-refractivity contribution in [2.24, 2.45) is 0 Å². The molecule has 0 radical (unpaired) electrons. The zero-order chi connectivity index (χ0) is 20.7. The van der Waals surface area contributed by atoms with Crippen LogP contribution in [0.15, 0.2) is 65.6 Å². The zero-order valence-electron chi connectivity index (χ0n) is 15.8. The van der Waals surface area contributed by atoms with Crippen LogP contribution in [0.25, 0.3) is 0 Å². The molecule has 1 amide bonds. The van der Waals surface area contributed by atoms with E-state index in [0.717, 1.165) is 0 Å². The number of amides is 1. The second-order valence-electron chi connectivity index (χ2n) is 6.36. The third kappa shape index (κ3) is 5.55. The van der Waals surface area contributed by atoms with Crippen LogP contribution in [0.2, 0.25) is 0 Å². The van der Waals surface area contributed by atoms with Gasteiger partial charge in [0, 0.05) is 26.2 Å². The molecular formula is C20H22N2O6S. The summed E-state index contributed by atoms with van der Waals surface area (Å²) in [6.07, 6.45) is 0. The zero-order valence-corrected chi connectivity index (χ0v) is 16.6. The minimum absolute atomic E-state index is 0.189. The molecule has 9 heteroatoms. The fraction of sp³-hybridized carbons (Fsp3) is 0.300. The fourth-order valence-electron chi connectivity index (χ4n) is 2.85. The van der Waals surface area contributed by atoms with Gasteiger partial charge in [0.1, 0.15) is 5.75 Å². The van der Waals surface area contributed by atoms with E-state index in [9.17, 15) is 18.0 Å². The fourth-order valence-corrected chi connectivity index (χ4v) is 4.30. The number of nitrogens with zero attached hydrogens (tertiary/aromatic N) is 2. The van der Waals surface area contributed by atoms with E-state index >= 15 is 0 Å². The van der Waals surface area contributed by atoms with Crippen molar-refractivity contribution in [2.75, 3.05) is 39.4 Å². The minimum Gasteiger partial charge on any atom is -0.482 e. The van der Waals surface area contributed by atoms with Crippen molar-refractivity contribution in [2.45, 2.75) is 4.90 Å². The lowest BCUT2D eigenvalue weighted by Crippen LogP contribution is -2.51. The van der Waals surface area contributed by atoms with Crippen LogP contribution >= 0.6 is 0 Å². The molecule has 1 fully saturated rings. The molecule has 1 aliphatic rings. The van der Waals surface area contributed by atoms with Crippen molar-refractivity contribution in [1.29, 1.82) is 0 Å². The molecule has 0 atom stereocenters. The molecule has 2 aromatic rings. The van der Waals surface area contributed by atoms with Gasteiger partial charge >= 0.3 is 5.97 Å². The van der Waals surface area contributed by atoms with E-state index < -0.39 is 22.6 Å². The molecule has 2 aromatic carbocycles. The largest absolute Gasteiger partial charge is 0.482 e. The molecule has 3 rings (SSSR count). The van der Waals surface area contributed by atoms with E-state index in [2.05, 4.69) is 0 Å². The summed E-state index contributed by atoms with van der Waals surface area (Å²) < 4.78 is 36.8. The Kier molecular flexibility index (Phi) is 6.84. The summed E-state index contributed by atoms with van der Waals surface area (Å²) in [5.41, 5.74) is 0. The number of ether oxygens (including phenoxy) is 2. The highest BCUT2D eigenvalue weighted by atomic mass is 32.2. The van der Waals surface area contributed by atoms with Crippen LogP contribution in [0, 0.1) is 0 Å². The average molecular weight is 418 g/mol. The number of para-hydroxylation sites is 1. The highest BCUT2D eigenvalue weighted by Crippen LogP contribution is 2.17. The highest BCUT2D eigenvalue weighted by molar-refractivity contribution is 7.89. The van der Waals surface area contributed by atoms with Gasteiger partial charge in [0.05, 0.1) is 4.90 Å². The molecule has 0 saturated carbocycles. The van der Waals surface area contributed by atoms with Gasteiger partial charge in [-0.05, 0) is 24.3 Å². The Bertz CT molecular complexity index is 926. The molecule has 8 nitrogen and oxygen atoms in total. The number of benzene rings is 2. The van der Waals surface area contributed by atoms with Gasteiger partial charge in [-0.3, -0.25) is 4.79 Å². The van der Waals surface area contributed by atoms with Crippen LogP contribution in [-0.2, 0) is 24.3 Å². The Hall–Kier alpha value is -2.91. The molecule has 154 valence electrons. The summed E-state index contributed by atoms with van der Waals surface area (Å²) in [5, 5.41) is 0. The smallest absolute Gasteiger partial charge is 0.344 e. The number of sulfonamides is 1. The second-order valence-corrected chi connectivity index (χ2v) is 8.30. The summed E-state index contributed by atoms with van der Waals surface area (Å²) >= 11 is 0. The van der Waals surface area contributed by atoms with Gasteiger partial charge < -0.3 is 14.4 Å². The molecule has 1 saturated heterocycles. The lowest BCUT2D eigenvalue weighted by atomic mass is 10.3. The Morgan fingerprint density at radius 2 is 1.41 bits per heavy atom. The van der Waals surface area contributed by atoms with E-state index in [4.69, 9.17) is 9.47 Å². The van der Waals surface area contributed by atoms with Gasteiger partial charge in [0.15, 0.2) is 13.2 Å². The molecule has 0 spiro atoms. The van der Waals surface area contributed by atoms with Gasteiger partial charge in [-0.2, -0.15) is 4.31 Å². The number of carbonyl (C=O) groups is 2. The first-order valence-corrected chi connectivity index (χ1v) is 10.6. The van der Waals surface area contributed by atoms with Gasteiger partial charge in [-0.1, -0.05) is 36.4 Å². The van der Waals surface area contributed by atoms with Gasteiger partial charge in [0.2, 0.25) is 10.0 Å². The van der Waals surface area contributed by atoms with Crippen LogP contribution in [0.4, 0.5) is 0 Å². The van der Waals surface area contributed by atoms with Crippen LogP contribution in [-0.4, -0.2) is 68.9 Å². The summed E-state index contributed by atoms with van der Waals surface area (Å²) in [7, 11) is -3.58. The van der Waals surface area contributed by atoms with Gasteiger partial charge in [0.25, 0.3) is 5.91 Å². The first-order chi connectivity index (χ1) is 14.0. The Morgan fingerprint density at radius 3 is 2.03 bits per heavy atom. The van der Waals surface area contributed by atoms with Crippen molar-refractivity contribution >= 4 is 21.9 Å². The minimum atomic E-state index is -3.58. The van der Waals surface area contributed by atoms with Crippen LogP contribution in [0.5, 0.6) is 5.75 Å². The number of esters is 1. The lowest BCUT2D eigenvalue weighted by molar-refractivity contribution is -0.154. The second kappa shape index (κ2) is 9.53. The van der Waals surface area contributed by atoms with E-state index in [1.54, 1.807) is 54.6 Å². The maximum absolute atomic E-state index is 12.6. The van der Waals surface area contributed by atoms with Crippen LogP contribution in [0.3, 0.4) is 0 Å². The van der Waals surface area contributed by atoms with E-state index in [1.807, 2.05) is 6.07 Å². The van der Waals surface area contributed by atoms with E-state index in [-0.39, 0.29) is 43.6 Å². The quantitative estimate of drug-likeness (QED) is 0.626. The number of hydrogen-bond acceptors (Lipinski definition) is 6. The first kappa shape index (κ1) is 20.8. The molecule has 1 heterocycles. The summed E-state index contributed by atoms with van der Waals surface area (Å²) in [4.78, 5) is 25.7. The topological polar surface area (TPSA) is 93.2 Å². The molecule has 0 N–H and O–H groups in total. The normalized spacial score (nSPS) is 15.0. The molecule has 0 aromatic heterocycles. The van der Waals surface area contributed by atoms with Crippen molar-refractivity contribution in [3.63, 3.8) is 0 Å². The molecular weight excluding hydrogens is 396 g/mol. The Balaban J connectivity index is 1.42. The predicted octanol–water partition coefficient (Wildman–Crippen LogP) is 1.14. The van der Waals surface area contributed by atoms with Crippen molar-refractivity contribution in [1.82, 2.24) is 9.21 Å². The molecule has 29 heavy (non-hydrogen) atoms. The van der Waals surface area contributed by atoms with E-state index in [1.165, 1.54) is 9.21 Å². The summed E-state index contributed by atoms with van der Waals surface area (Å²) in [6.45, 7) is 0.163. The van der Waals surface area contributed by atoms with Crippen molar-refractivity contribution < 1.29 is 27.5 Å². The Labute approximate surface area is 169 Å². The maximum Gasteiger partial charge on any atom is 0.344 e. The van der Waals surface area contributed by atoms with Crippen molar-refractivity contribution in [3.8, 4) is 5.75 Å². The third-order valence-corrected chi connectivity index (χ3v) is 6.34. The standard InChI is InChI=1S/C20H22N2O6S/c23-19(15-28-20(24)16-27-17-7-3-1-4-8-17)21-11-13-22(14-12-21)29(25,26)18-9-5-2-6-10-18/h1-10H,11-16H2. The van der Waals surface area contributed by atoms with Crippen LogP contribution in [0.1, 0.15) is 0 Å². The Morgan fingerprint density at radius 1 is 0.828 bits per heavy atom. The maximum atomic E-state index is 12.6. The third-order valence-electron chi connectivity index (χ3n) is 4.43. The molecule has 0 unspecified atom stereocenters. The number of carbonyl (C=O) groups excluding carboxylic acids is 2. The van der Waals surface area contributed by atoms with Crippen molar-refractivity contribution in [3.05, 3.63) is 60.7 Å². The monoisotopic (exact) mass is 418 g/mol. The SMILES string of the molecule is O=C(COc1ccccc1)OCC(=O)N1CCN(S(=O)(=O)c2ccccc2)CC1. The molecule has 0 aliphatic carbocycles. The highest BCUT2D eigenvalue weighted by Gasteiger charge is 2.30. The number of rotatable bonds is 7. The number of piperazine rings is 1. The van der Waals surface area contributed by atoms with E-state index in [0.29, 0.717) is 5.75 Å². The molecule has 0 bridgehead atoms. The van der Waals surface area contributed by atoms with Gasteiger partial charge in [-0.25, -0.2) is 13.2 Å². The summed E-state index contributed by atoms with van der Waals surface area (Å²) in [6, 6.07) is 17.0. The lowest BCUT2D eigenvalue weighted by Gasteiger charge is -2.33. The van der Waals surface area contributed by atoms with Gasteiger partial charge in [-0.15, -0.1) is 0 Å². The number of hydrogen-bond donors (Lipinski definition) is 0. The average Bonchev–Trinajstić information content (AvgIpc) is 2.77. The summed E-state index contributed by atoms with van der Waals surface area (Å²) in [5.74, 6) is -0.478.